The van der Waals surface area contributed by atoms with Crippen LogP contribution in [0.1, 0.15) is 66.2 Å². The van der Waals surface area contributed by atoms with Crippen molar-refractivity contribution < 1.29 is 33.6 Å². The SMILES string of the molecule is CC(=O)O[C@@H]1CC[C@@]2(C)[C@@H]([C@@H]1C)[C@@H](OC=O)C[C@H](C)[C@]21CC[C@@]2(CO[C@@H](O)C2)O1. The van der Waals surface area contributed by atoms with Crippen molar-refractivity contribution in [2.75, 3.05) is 6.61 Å². The van der Waals surface area contributed by atoms with Crippen LogP contribution in [-0.4, -0.2) is 53.9 Å². The van der Waals surface area contributed by atoms with Gasteiger partial charge in [-0.25, -0.2) is 0 Å². The van der Waals surface area contributed by atoms with E-state index in [0.29, 0.717) is 19.5 Å². The number of fused-ring (bicyclic) bond motifs is 2. The van der Waals surface area contributed by atoms with Gasteiger partial charge in [-0.2, -0.15) is 0 Å². The first-order chi connectivity index (χ1) is 13.7. The summed E-state index contributed by atoms with van der Waals surface area (Å²) in [5, 5.41) is 9.97. The summed E-state index contributed by atoms with van der Waals surface area (Å²) in [5.74, 6) is 0.00981. The molecular weight excluding hydrogens is 376 g/mol. The Balaban J connectivity index is 1.70. The number of aliphatic hydroxyl groups is 1. The van der Waals surface area contributed by atoms with Crippen LogP contribution in [-0.2, 0) is 28.5 Å². The summed E-state index contributed by atoms with van der Waals surface area (Å²) < 4.78 is 23.7. The molecule has 4 rings (SSSR count). The topological polar surface area (TPSA) is 91.3 Å². The van der Waals surface area contributed by atoms with Gasteiger partial charge >= 0.3 is 5.97 Å². The van der Waals surface area contributed by atoms with E-state index in [1.54, 1.807) is 0 Å². The van der Waals surface area contributed by atoms with Crippen molar-refractivity contribution >= 4 is 12.4 Å². The van der Waals surface area contributed by atoms with Crippen LogP contribution >= 0.6 is 0 Å². The second kappa shape index (κ2) is 7.20. The molecule has 0 aromatic carbocycles. The van der Waals surface area contributed by atoms with Crippen molar-refractivity contribution in [2.24, 2.45) is 23.2 Å². The highest BCUT2D eigenvalue weighted by Crippen LogP contribution is 2.66. The largest absolute Gasteiger partial charge is 0.464 e. The quantitative estimate of drug-likeness (QED) is 0.565. The van der Waals surface area contributed by atoms with E-state index < -0.39 is 11.9 Å². The van der Waals surface area contributed by atoms with Crippen molar-refractivity contribution in [1.29, 1.82) is 0 Å². The molecule has 7 heteroatoms. The smallest absolute Gasteiger partial charge is 0.302 e. The maximum Gasteiger partial charge on any atom is 0.302 e. The molecule has 0 aromatic rings. The summed E-state index contributed by atoms with van der Waals surface area (Å²) in [7, 11) is 0. The third-order valence-corrected chi connectivity index (χ3v) is 8.57. The lowest BCUT2D eigenvalue weighted by molar-refractivity contribution is -0.269. The Kier molecular flexibility index (Phi) is 5.23. The third-order valence-electron chi connectivity index (χ3n) is 8.57. The lowest BCUT2D eigenvalue weighted by atomic mass is 9.46. The van der Waals surface area contributed by atoms with Crippen molar-refractivity contribution in [1.82, 2.24) is 0 Å². The van der Waals surface area contributed by atoms with Crippen LogP contribution in [0.2, 0.25) is 0 Å². The van der Waals surface area contributed by atoms with Crippen LogP contribution in [0.15, 0.2) is 0 Å². The van der Waals surface area contributed by atoms with Gasteiger partial charge in [-0.1, -0.05) is 20.8 Å². The van der Waals surface area contributed by atoms with E-state index in [0.717, 1.165) is 32.1 Å². The number of carbonyl (C=O) groups is 2. The Hall–Kier alpha value is -1.18. The van der Waals surface area contributed by atoms with Crippen molar-refractivity contribution in [3.63, 3.8) is 0 Å². The van der Waals surface area contributed by atoms with Gasteiger partial charge in [-0.3, -0.25) is 9.59 Å². The van der Waals surface area contributed by atoms with E-state index in [1.165, 1.54) is 6.92 Å². The molecule has 2 aliphatic heterocycles. The van der Waals surface area contributed by atoms with Crippen LogP contribution in [0.25, 0.3) is 0 Å². The number of ether oxygens (including phenoxy) is 4. The minimum atomic E-state index is -0.766. The summed E-state index contributed by atoms with van der Waals surface area (Å²) in [4.78, 5) is 22.9. The van der Waals surface area contributed by atoms with Gasteiger partial charge in [0.15, 0.2) is 6.29 Å². The fourth-order valence-electron chi connectivity index (χ4n) is 7.35. The van der Waals surface area contributed by atoms with Crippen molar-refractivity contribution in [3.05, 3.63) is 0 Å². The highest BCUT2D eigenvalue weighted by Gasteiger charge is 2.69. The molecule has 1 N–H and O–H groups in total. The predicted octanol–water partition coefficient (Wildman–Crippen LogP) is 2.58. The van der Waals surface area contributed by atoms with Gasteiger partial charge in [0.1, 0.15) is 12.2 Å². The summed E-state index contributed by atoms with van der Waals surface area (Å²) in [5.41, 5.74) is -1.04. The molecule has 7 nitrogen and oxygen atoms in total. The van der Waals surface area contributed by atoms with Gasteiger partial charge < -0.3 is 24.1 Å². The Bertz CT molecular complexity index is 668. The zero-order valence-electron chi connectivity index (χ0n) is 17.9. The van der Waals surface area contributed by atoms with Gasteiger partial charge in [-0.15, -0.1) is 0 Å². The molecule has 0 bridgehead atoms. The Morgan fingerprint density at radius 1 is 1.21 bits per heavy atom. The first-order valence-electron chi connectivity index (χ1n) is 10.9. The average Bonchev–Trinajstić information content (AvgIpc) is 3.20. The predicted molar refractivity (Wildman–Crippen MR) is 103 cm³/mol. The lowest BCUT2D eigenvalue weighted by Crippen LogP contribution is -2.67. The minimum absolute atomic E-state index is 0.0318. The van der Waals surface area contributed by atoms with E-state index in [4.69, 9.17) is 18.9 Å². The molecule has 0 aromatic heterocycles. The van der Waals surface area contributed by atoms with Gasteiger partial charge in [0, 0.05) is 30.6 Å². The average molecular weight is 411 g/mol. The molecule has 164 valence electrons. The second-order valence-electron chi connectivity index (χ2n) is 10.0. The zero-order chi connectivity index (χ0) is 21.0. The fourth-order valence-corrected chi connectivity index (χ4v) is 7.35. The van der Waals surface area contributed by atoms with E-state index in [1.807, 2.05) is 0 Å². The molecule has 0 radical (unpaired) electrons. The van der Waals surface area contributed by atoms with Gasteiger partial charge in [0.25, 0.3) is 6.47 Å². The molecular formula is C22H34O7. The first kappa shape index (κ1) is 21.1. The normalized spacial score (nSPS) is 51.8. The molecule has 2 aliphatic carbocycles. The van der Waals surface area contributed by atoms with E-state index in [-0.39, 0.29) is 46.9 Å². The summed E-state index contributed by atoms with van der Waals surface area (Å²) in [6, 6.07) is 0. The Morgan fingerprint density at radius 3 is 2.59 bits per heavy atom. The van der Waals surface area contributed by atoms with Crippen LogP contribution in [0.4, 0.5) is 0 Å². The van der Waals surface area contributed by atoms with Crippen LogP contribution in [0.5, 0.6) is 0 Å². The number of carbonyl (C=O) groups excluding carboxylic acids is 2. The monoisotopic (exact) mass is 410 g/mol. The van der Waals surface area contributed by atoms with E-state index in [2.05, 4.69) is 20.8 Å². The van der Waals surface area contributed by atoms with Crippen LogP contribution in [0.3, 0.4) is 0 Å². The van der Waals surface area contributed by atoms with Gasteiger partial charge in [0.05, 0.1) is 17.8 Å². The number of hydrogen-bond acceptors (Lipinski definition) is 7. The number of esters is 1. The van der Waals surface area contributed by atoms with Crippen molar-refractivity contribution in [3.8, 4) is 0 Å². The van der Waals surface area contributed by atoms with E-state index in [9.17, 15) is 14.7 Å². The molecule has 2 saturated heterocycles. The minimum Gasteiger partial charge on any atom is -0.464 e. The summed E-state index contributed by atoms with van der Waals surface area (Å²) in [6.07, 6.45) is 3.41. The zero-order valence-corrected chi connectivity index (χ0v) is 17.9. The molecule has 2 saturated carbocycles. The lowest BCUT2D eigenvalue weighted by Gasteiger charge is -2.63. The number of rotatable bonds is 3. The maximum absolute atomic E-state index is 11.6. The molecule has 4 aliphatic rings. The maximum atomic E-state index is 11.6. The molecule has 2 spiro atoms. The highest BCUT2D eigenvalue weighted by molar-refractivity contribution is 5.66. The molecule has 0 unspecified atom stereocenters. The summed E-state index contributed by atoms with van der Waals surface area (Å²) >= 11 is 0. The standard InChI is InChI=1S/C22H34O7/c1-13-9-17(27-12-23)19-14(2)16(28-15(3)24)5-6-20(19,4)22(13)8-7-21(29-22)10-18(25)26-11-21/h12-14,16-19,25H,5-11H2,1-4H3/t13-,14+,16+,17-,18+,19-,20-,21+,22+/m0/s1. The molecule has 29 heavy (non-hydrogen) atoms. The molecule has 9 atom stereocenters. The first-order valence-corrected chi connectivity index (χ1v) is 10.9. The fraction of sp³-hybridized carbons (Fsp3) is 0.909. The Labute approximate surface area is 172 Å². The van der Waals surface area contributed by atoms with Gasteiger partial charge in [-0.05, 0) is 38.0 Å². The van der Waals surface area contributed by atoms with Crippen LogP contribution in [0, 0.1) is 23.2 Å². The van der Waals surface area contributed by atoms with Gasteiger partial charge in [0.2, 0.25) is 0 Å². The second-order valence-corrected chi connectivity index (χ2v) is 10.0. The number of hydrogen-bond donors (Lipinski definition) is 1. The van der Waals surface area contributed by atoms with Crippen LogP contribution < -0.4 is 0 Å². The summed E-state index contributed by atoms with van der Waals surface area (Å²) in [6.45, 7) is 8.98. The van der Waals surface area contributed by atoms with Crippen molar-refractivity contribution in [2.45, 2.75) is 95.9 Å². The third kappa shape index (κ3) is 3.12. The number of aliphatic hydroxyl groups excluding tert-OH is 1. The molecule has 0 amide bonds. The van der Waals surface area contributed by atoms with E-state index >= 15 is 0 Å². The molecule has 2 heterocycles. The highest BCUT2D eigenvalue weighted by atomic mass is 16.6. The molecule has 4 fully saturated rings. The Morgan fingerprint density at radius 2 is 1.97 bits per heavy atom.